The van der Waals surface area contributed by atoms with Gasteiger partial charge in [0, 0.05) is 25.3 Å². The maximum atomic E-state index is 12.6. The van der Waals surface area contributed by atoms with Crippen LogP contribution in [-0.4, -0.2) is 69.8 Å². The molecule has 30 heavy (non-hydrogen) atoms. The molecule has 0 unspecified atom stereocenters. The second-order valence-corrected chi connectivity index (χ2v) is 10.8. The molecule has 2 aliphatic carbocycles. The summed E-state index contributed by atoms with van der Waals surface area (Å²) >= 11 is 0. The minimum absolute atomic E-state index is 0.0814. The van der Waals surface area contributed by atoms with E-state index in [2.05, 4.69) is 21.0 Å². The lowest BCUT2D eigenvalue weighted by molar-refractivity contribution is 0.256. The van der Waals surface area contributed by atoms with E-state index in [0.717, 1.165) is 70.4 Å². The van der Waals surface area contributed by atoms with Gasteiger partial charge in [-0.15, -0.1) is 0 Å². The van der Waals surface area contributed by atoms with Crippen molar-refractivity contribution in [3.63, 3.8) is 0 Å². The largest absolute Gasteiger partial charge is 0.332 e. The molecular formula is C22H34N4O3S. The molecule has 0 bridgehead atoms. The quantitative estimate of drug-likeness (QED) is 0.655. The minimum atomic E-state index is -3.68. The van der Waals surface area contributed by atoms with Crippen molar-refractivity contribution < 1.29 is 13.2 Å². The highest BCUT2D eigenvalue weighted by atomic mass is 32.2. The van der Waals surface area contributed by atoms with Crippen LogP contribution in [0.25, 0.3) is 0 Å². The highest BCUT2D eigenvalue weighted by Gasteiger charge is 2.26. The first-order valence-corrected chi connectivity index (χ1v) is 13.0. The predicted molar refractivity (Wildman–Crippen MR) is 120 cm³/mol. The SMILES string of the molecule is CN(CCN1CCCC1)CCS(=O)(=O)NC(=O)Nc1c2c(cc3c1CCC3)CCC2. The second-order valence-electron chi connectivity index (χ2n) is 8.96. The fourth-order valence-electron chi connectivity index (χ4n) is 5.00. The number of urea groups is 1. The third-order valence-corrected chi connectivity index (χ3v) is 7.91. The molecular weight excluding hydrogens is 400 g/mol. The summed E-state index contributed by atoms with van der Waals surface area (Å²) in [6.45, 7) is 4.49. The van der Waals surface area contributed by atoms with Crippen LogP contribution in [0.15, 0.2) is 6.07 Å². The summed E-state index contributed by atoms with van der Waals surface area (Å²) in [4.78, 5) is 17.0. The summed E-state index contributed by atoms with van der Waals surface area (Å²) in [7, 11) is -1.75. The Morgan fingerprint density at radius 1 is 1.00 bits per heavy atom. The number of amides is 2. The van der Waals surface area contributed by atoms with E-state index >= 15 is 0 Å². The summed E-state index contributed by atoms with van der Waals surface area (Å²) in [6.07, 6.45) is 8.69. The fraction of sp³-hybridized carbons (Fsp3) is 0.682. The third-order valence-electron chi connectivity index (χ3n) is 6.70. The molecule has 4 rings (SSSR count). The molecule has 7 nitrogen and oxygen atoms in total. The molecule has 0 radical (unpaired) electrons. The highest BCUT2D eigenvalue weighted by Crippen LogP contribution is 2.38. The number of nitrogens with one attached hydrogen (secondary N) is 2. The number of hydrogen-bond acceptors (Lipinski definition) is 5. The van der Waals surface area contributed by atoms with Gasteiger partial charge in [-0.1, -0.05) is 6.07 Å². The van der Waals surface area contributed by atoms with Gasteiger partial charge >= 0.3 is 6.03 Å². The monoisotopic (exact) mass is 434 g/mol. The van der Waals surface area contributed by atoms with E-state index in [1.54, 1.807) is 0 Å². The molecule has 1 aromatic rings. The zero-order valence-electron chi connectivity index (χ0n) is 18.0. The van der Waals surface area contributed by atoms with E-state index in [1.807, 2.05) is 11.9 Å². The van der Waals surface area contributed by atoms with Crippen LogP contribution in [0, 0.1) is 0 Å². The maximum Gasteiger partial charge on any atom is 0.332 e. The number of aryl methyl sites for hydroxylation is 2. The molecule has 2 amide bonds. The number of benzene rings is 1. The highest BCUT2D eigenvalue weighted by molar-refractivity contribution is 7.90. The van der Waals surface area contributed by atoms with Crippen molar-refractivity contribution >= 4 is 21.7 Å². The van der Waals surface area contributed by atoms with Gasteiger partial charge in [-0.05, 0) is 93.8 Å². The summed E-state index contributed by atoms with van der Waals surface area (Å²) < 4.78 is 27.1. The van der Waals surface area contributed by atoms with Crippen LogP contribution < -0.4 is 10.0 Å². The van der Waals surface area contributed by atoms with E-state index in [4.69, 9.17) is 0 Å². The van der Waals surface area contributed by atoms with E-state index in [-0.39, 0.29) is 5.75 Å². The van der Waals surface area contributed by atoms with Gasteiger partial charge in [0.2, 0.25) is 10.0 Å². The molecule has 0 saturated carbocycles. The first kappa shape index (κ1) is 21.6. The Morgan fingerprint density at radius 3 is 2.27 bits per heavy atom. The first-order valence-electron chi connectivity index (χ1n) is 11.3. The number of carbonyl (C=O) groups is 1. The number of likely N-dealkylation sites (N-methyl/N-ethyl adjacent to an activating group) is 1. The topological polar surface area (TPSA) is 81.8 Å². The summed E-state index contributed by atoms with van der Waals surface area (Å²) in [6, 6.07) is 1.66. The van der Waals surface area contributed by atoms with Gasteiger partial charge in [0.15, 0.2) is 0 Å². The predicted octanol–water partition coefficient (Wildman–Crippen LogP) is 2.14. The second kappa shape index (κ2) is 9.24. The third kappa shape index (κ3) is 5.15. The average molecular weight is 435 g/mol. The van der Waals surface area contributed by atoms with Crippen molar-refractivity contribution in [3.8, 4) is 0 Å². The zero-order chi connectivity index (χ0) is 21.1. The van der Waals surface area contributed by atoms with Gasteiger partial charge < -0.3 is 15.1 Å². The fourth-order valence-corrected chi connectivity index (χ4v) is 5.99. The number of anilines is 1. The normalized spacial score (nSPS) is 18.6. The van der Waals surface area contributed by atoms with Crippen molar-refractivity contribution in [1.29, 1.82) is 0 Å². The Morgan fingerprint density at radius 2 is 1.63 bits per heavy atom. The van der Waals surface area contributed by atoms with Crippen LogP contribution in [0.2, 0.25) is 0 Å². The number of rotatable bonds is 8. The lowest BCUT2D eigenvalue weighted by atomic mass is 9.99. The summed E-state index contributed by atoms with van der Waals surface area (Å²) in [5.74, 6) is -0.0814. The standard InChI is InChI=1S/C22H34N4O3S/c1-25(12-13-26-10-2-3-11-26)14-15-30(28,29)24-22(27)23-21-19-8-4-6-17(19)16-18-7-5-9-20(18)21/h16H,2-15H2,1H3,(H2,23,24,27). The average Bonchev–Trinajstić information content (AvgIpc) is 3.45. The Hall–Kier alpha value is -1.64. The summed E-state index contributed by atoms with van der Waals surface area (Å²) in [5.41, 5.74) is 5.89. The van der Waals surface area contributed by atoms with Crippen LogP contribution in [0.5, 0.6) is 0 Å². The maximum absolute atomic E-state index is 12.6. The van der Waals surface area contributed by atoms with E-state index in [1.165, 1.54) is 35.1 Å². The molecule has 0 aromatic heterocycles. The van der Waals surface area contributed by atoms with Crippen molar-refractivity contribution in [2.45, 2.75) is 51.4 Å². The molecule has 0 spiro atoms. The zero-order valence-corrected chi connectivity index (χ0v) is 18.8. The molecule has 1 aliphatic heterocycles. The van der Waals surface area contributed by atoms with Gasteiger partial charge in [0.25, 0.3) is 0 Å². The molecule has 166 valence electrons. The van der Waals surface area contributed by atoms with Gasteiger partial charge in [-0.25, -0.2) is 17.9 Å². The van der Waals surface area contributed by atoms with E-state index in [0.29, 0.717) is 6.54 Å². The van der Waals surface area contributed by atoms with E-state index in [9.17, 15) is 13.2 Å². The molecule has 1 aromatic carbocycles. The van der Waals surface area contributed by atoms with E-state index < -0.39 is 16.1 Å². The number of likely N-dealkylation sites (tertiary alicyclic amines) is 1. The summed E-state index contributed by atoms with van der Waals surface area (Å²) in [5, 5.41) is 2.90. The lowest BCUT2D eigenvalue weighted by Gasteiger charge is -2.21. The Kier molecular flexibility index (Phi) is 6.65. The van der Waals surface area contributed by atoms with Crippen LogP contribution in [0.3, 0.4) is 0 Å². The number of carbonyl (C=O) groups excluding carboxylic acids is 1. The smallest absolute Gasteiger partial charge is 0.307 e. The molecule has 3 aliphatic rings. The van der Waals surface area contributed by atoms with Crippen LogP contribution >= 0.6 is 0 Å². The Bertz CT molecular complexity index is 862. The number of sulfonamides is 1. The van der Waals surface area contributed by atoms with Gasteiger partial charge in [0.05, 0.1) is 5.75 Å². The van der Waals surface area contributed by atoms with Gasteiger partial charge in [-0.3, -0.25) is 0 Å². The van der Waals surface area contributed by atoms with Crippen LogP contribution in [-0.2, 0) is 35.7 Å². The lowest BCUT2D eigenvalue weighted by Crippen LogP contribution is -2.40. The minimum Gasteiger partial charge on any atom is -0.307 e. The molecule has 1 fully saturated rings. The van der Waals surface area contributed by atoms with Crippen molar-refractivity contribution in [2.24, 2.45) is 0 Å². The van der Waals surface area contributed by atoms with Crippen molar-refractivity contribution in [3.05, 3.63) is 28.3 Å². The number of nitrogens with zero attached hydrogens (tertiary/aromatic N) is 2. The van der Waals surface area contributed by atoms with Crippen molar-refractivity contribution in [2.75, 3.05) is 50.8 Å². The van der Waals surface area contributed by atoms with Gasteiger partial charge in [0.1, 0.15) is 0 Å². The Balaban J connectivity index is 1.30. The van der Waals surface area contributed by atoms with Gasteiger partial charge in [-0.2, -0.15) is 0 Å². The molecule has 0 atom stereocenters. The van der Waals surface area contributed by atoms with Crippen molar-refractivity contribution in [1.82, 2.24) is 14.5 Å². The number of hydrogen-bond donors (Lipinski definition) is 2. The molecule has 1 heterocycles. The molecule has 1 saturated heterocycles. The molecule has 2 N–H and O–H groups in total. The van der Waals surface area contributed by atoms with Crippen LogP contribution in [0.4, 0.5) is 10.5 Å². The first-order chi connectivity index (χ1) is 14.4. The number of fused-ring (bicyclic) bond motifs is 2. The Labute approximate surface area is 180 Å². The molecule has 8 heteroatoms. The van der Waals surface area contributed by atoms with Crippen LogP contribution in [0.1, 0.15) is 47.9 Å².